The van der Waals surface area contributed by atoms with Crippen LogP contribution in [0.4, 0.5) is 11.5 Å². The first-order valence-electron chi connectivity index (χ1n) is 6.67. The van der Waals surface area contributed by atoms with E-state index in [1.54, 1.807) is 0 Å². The SMILES string of the molecule is CC1=CC2=Nc3c([nH]c(=O)[nH]c3=O)N(CC(=O)O)C2C=C1C. The predicted molar refractivity (Wildman–Crippen MR) is 81.1 cm³/mol. The number of H-pyrrole nitrogens is 2. The lowest BCUT2D eigenvalue weighted by molar-refractivity contribution is -0.135. The van der Waals surface area contributed by atoms with E-state index in [0.29, 0.717) is 5.71 Å². The Balaban J connectivity index is 2.26. The van der Waals surface area contributed by atoms with Crippen molar-refractivity contribution in [3.8, 4) is 0 Å². The monoisotopic (exact) mass is 302 g/mol. The largest absolute Gasteiger partial charge is 0.480 e. The number of nitrogens with zero attached hydrogens (tertiary/aromatic N) is 2. The number of allylic oxidation sites excluding steroid dienone is 2. The van der Waals surface area contributed by atoms with Crippen molar-refractivity contribution < 1.29 is 9.90 Å². The van der Waals surface area contributed by atoms with Gasteiger partial charge in [0.1, 0.15) is 12.4 Å². The summed E-state index contributed by atoms with van der Waals surface area (Å²) < 4.78 is 0. The molecule has 8 heteroatoms. The summed E-state index contributed by atoms with van der Waals surface area (Å²) in [5.74, 6) is -0.937. The Morgan fingerprint density at radius 1 is 1.32 bits per heavy atom. The standard InChI is InChI=1S/C14H14N4O4/c1-6-3-8-9(4-7(6)2)18(5-10(19)20)12-11(15-8)13(21)17-14(22)16-12/h3-4,9H,5H2,1-2H3,(H,19,20)(H2,16,17,21,22). The van der Waals surface area contributed by atoms with E-state index in [-0.39, 0.29) is 18.1 Å². The molecule has 0 fully saturated rings. The van der Waals surface area contributed by atoms with E-state index in [2.05, 4.69) is 15.0 Å². The number of aromatic nitrogens is 2. The van der Waals surface area contributed by atoms with Crippen LogP contribution in [0.5, 0.6) is 0 Å². The molecule has 3 rings (SSSR count). The number of anilines is 1. The fourth-order valence-electron chi connectivity index (χ4n) is 2.59. The molecule has 8 nitrogen and oxygen atoms in total. The smallest absolute Gasteiger partial charge is 0.327 e. The summed E-state index contributed by atoms with van der Waals surface area (Å²) in [4.78, 5) is 45.0. The summed E-state index contributed by atoms with van der Waals surface area (Å²) in [7, 11) is 0. The second-order valence-electron chi connectivity index (χ2n) is 5.29. The van der Waals surface area contributed by atoms with Crippen LogP contribution < -0.4 is 16.1 Å². The van der Waals surface area contributed by atoms with Crippen LogP contribution in [0.15, 0.2) is 37.9 Å². The highest BCUT2D eigenvalue weighted by Crippen LogP contribution is 2.32. The number of hydrogen-bond acceptors (Lipinski definition) is 5. The summed E-state index contributed by atoms with van der Waals surface area (Å²) in [6.07, 6.45) is 3.70. The number of nitrogens with one attached hydrogen (secondary N) is 2. The van der Waals surface area contributed by atoms with E-state index < -0.39 is 23.3 Å². The first-order chi connectivity index (χ1) is 10.4. The van der Waals surface area contributed by atoms with Crippen molar-refractivity contribution in [1.82, 2.24) is 9.97 Å². The van der Waals surface area contributed by atoms with Crippen molar-refractivity contribution >= 4 is 23.2 Å². The normalized spacial score (nSPS) is 19.6. The van der Waals surface area contributed by atoms with Gasteiger partial charge in [-0.2, -0.15) is 0 Å². The molecule has 0 saturated carbocycles. The summed E-state index contributed by atoms with van der Waals surface area (Å²) in [6, 6.07) is -0.426. The number of aliphatic imine (C=N–C) groups is 1. The number of carboxylic acids is 1. The van der Waals surface area contributed by atoms with E-state index >= 15 is 0 Å². The molecule has 0 radical (unpaired) electrons. The van der Waals surface area contributed by atoms with Crippen LogP contribution in [-0.4, -0.2) is 39.3 Å². The van der Waals surface area contributed by atoms with Gasteiger partial charge in [-0.25, -0.2) is 9.79 Å². The van der Waals surface area contributed by atoms with Gasteiger partial charge in [0, 0.05) is 0 Å². The quantitative estimate of drug-likeness (QED) is 0.726. The Kier molecular flexibility index (Phi) is 3.09. The Morgan fingerprint density at radius 3 is 2.73 bits per heavy atom. The molecule has 1 aromatic heterocycles. The summed E-state index contributed by atoms with van der Waals surface area (Å²) in [5, 5.41) is 9.14. The van der Waals surface area contributed by atoms with Crippen molar-refractivity contribution in [2.45, 2.75) is 19.9 Å². The summed E-state index contributed by atoms with van der Waals surface area (Å²) >= 11 is 0. The topological polar surface area (TPSA) is 119 Å². The van der Waals surface area contributed by atoms with E-state index in [0.717, 1.165) is 11.1 Å². The van der Waals surface area contributed by atoms with Gasteiger partial charge in [0.25, 0.3) is 5.56 Å². The van der Waals surface area contributed by atoms with Gasteiger partial charge >= 0.3 is 11.7 Å². The third-order valence-electron chi connectivity index (χ3n) is 3.77. The minimum Gasteiger partial charge on any atom is -0.480 e. The predicted octanol–water partition coefficient (Wildman–Crippen LogP) is 0.315. The van der Waals surface area contributed by atoms with Crippen molar-refractivity contribution in [2.24, 2.45) is 4.99 Å². The maximum absolute atomic E-state index is 11.9. The molecule has 2 aliphatic rings. The Labute approximate surface area is 124 Å². The first-order valence-corrected chi connectivity index (χ1v) is 6.67. The molecule has 0 amide bonds. The highest BCUT2D eigenvalue weighted by molar-refractivity contribution is 6.09. The minimum absolute atomic E-state index is 0.0177. The van der Waals surface area contributed by atoms with Crippen molar-refractivity contribution in [1.29, 1.82) is 0 Å². The molecular formula is C14H14N4O4. The zero-order valence-corrected chi connectivity index (χ0v) is 12.0. The number of rotatable bonds is 2. The highest BCUT2D eigenvalue weighted by Gasteiger charge is 2.33. The Bertz CT molecular complexity index is 872. The lowest BCUT2D eigenvalue weighted by Gasteiger charge is -2.36. The fourth-order valence-corrected chi connectivity index (χ4v) is 2.59. The van der Waals surface area contributed by atoms with Crippen LogP contribution in [0.2, 0.25) is 0 Å². The number of carbonyl (C=O) groups is 1. The van der Waals surface area contributed by atoms with E-state index in [1.807, 2.05) is 26.0 Å². The van der Waals surface area contributed by atoms with Gasteiger partial charge in [0.2, 0.25) is 0 Å². The average Bonchev–Trinajstić information content (AvgIpc) is 2.41. The molecule has 0 saturated heterocycles. The minimum atomic E-state index is -1.06. The van der Waals surface area contributed by atoms with Gasteiger partial charge in [-0.15, -0.1) is 0 Å². The zero-order chi connectivity index (χ0) is 16.0. The van der Waals surface area contributed by atoms with Crippen LogP contribution in [-0.2, 0) is 4.79 Å². The summed E-state index contributed by atoms with van der Waals surface area (Å²) in [6.45, 7) is 3.48. The summed E-state index contributed by atoms with van der Waals surface area (Å²) in [5.41, 5.74) is 1.25. The molecule has 2 heterocycles. The van der Waals surface area contributed by atoms with Gasteiger partial charge in [-0.3, -0.25) is 19.6 Å². The molecule has 1 atom stereocenters. The fraction of sp³-hybridized carbons (Fsp3) is 0.286. The third kappa shape index (κ3) is 2.18. The van der Waals surface area contributed by atoms with Gasteiger partial charge in [0.05, 0.1) is 11.8 Å². The van der Waals surface area contributed by atoms with Gasteiger partial charge in [0.15, 0.2) is 5.69 Å². The molecule has 1 aromatic rings. The van der Waals surface area contributed by atoms with E-state index in [1.165, 1.54) is 4.90 Å². The van der Waals surface area contributed by atoms with Crippen molar-refractivity contribution in [3.63, 3.8) is 0 Å². The van der Waals surface area contributed by atoms with Crippen LogP contribution in [0.1, 0.15) is 13.8 Å². The molecule has 114 valence electrons. The number of aliphatic carboxylic acids is 1. The van der Waals surface area contributed by atoms with Crippen molar-refractivity contribution in [2.75, 3.05) is 11.4 Å². The number of carboxylic acid groups (broad SMARTS) is 1. The average molecular weight is 302 g/mol. The third-order valence-corrected chi connectivity index (χ3v) is 3.77. The second kappa shape index (κ2) is 4.83. The van der Waals surface area contributed by atoms with Crippen molar-refractivity contribution in [3.05, 3.63) is 44.1 Å². The molecule has 0 spiro atoms. The maximum atomic E-state index is 11.9. The number of fused-ring (bicyclic) bond motifs is 2. The molecule has 1 aliphatic carbocycles. The second-order valence-corrected chi connectivity index (χ2v) is 5.29. The molecule has 0 bridgehead atoms. The maximum Gasteiger partial charge on any atom is 0.327 e. The zero-order valence-electron chi connectivity index (χ0n) is 12.0. The van der Waals surface area contributed by atoms with Crippen LogP contribution >= 0.6 is 0 Å². The lowest BCUT2D eigenvalue weighted by Crippen LogP contribution is -2.47. The van der Waals surface area contributed by atoms with Gasteiger partial charge in [-0.05, 0) is 31.1 Å². The van der Waals surface area contributed by atoms with E-state index in [4.69, 9.17) is 5.11 Å². The van der Waals surface area contributed by atoms with Crippen LogP contribution in [0.3, 0.4) is 0 Å². The van der Waals surface area contributed by atoms with Crippen LogP contribution in [0, 0.1) is 0 Å². The highest BCUT2D eigenvalue weighted by atomic mass is 16.4. The van der Waals surface area contributed by atoms with Crippen LogP contribution in [0.25, 0.3) is 0 Å². The molecule has 3 N–H and O–H groups in total. The number of hydrogen-bond donors (Lipinski definition) is 3. The molecule has 0 aromatic carbocycles. The Hall–Kier alpha value is -2.90. The molecular weight excluding hydrogens is 288 g/mol. The first kappa shape index (κ1) is 14.1. The molecule has 22 heavy (non-hydrogen) atoms. The number of aromatic amines is 2. The molecule has 1 aliphatic heterocycles. The lowest BCUT2D eigenvalue weighted by atomic mass is 9.93. The van der Waals surface area contributed by atoms with Gasteiger partial charge < -0.3 is 10.0 Å². The van der Waals surface area contributed by atoms with Gasteiger partial charge in [-0.1, -0.05) is 6.08 Å². The Morgan fingerprint density at radius 2 is 2.05 bits per heavy atom. The molecule has 1 unspecified atom stereocenters. The van der Waals surface area contributed by atoms with E-state index in [9.17, 15) is 14.4 Å².